The maximum atomic E-state index is 11.9. The van der Waals surface area contributed by atoms with E-state index in [4.69, 9.17) is 17.3 Å². The summed E-state index contributed by atoms with van der Waals surface area (Å²) in [6, 6.07) is 7.85. The van der Waals surface area contributed by atoms with Crippen LogP contribution < -0.4 is 5.73 Å². The fourth-order valence-electron chi connectivity index (χ4n) is 2.81. The molecule has 0 spiro atoms. The van der Waals surface area contributed by atoms with Gasteiger partial charge in [-0.25, -0.2) is 8.42 Å². The van der Waals surface area contributed by atoms with Crippen LogP contribution in [0, 0.1) is 0 Å². The van der Waals surface area contributed by atoms with E-state index in [-0.39, 0.29) is 24.0 Å². The molecule has 22 heavy (non-hydrogen) atoms. The van der Waals surface area contributed by atoms with Crippen LogP contribution in [-0.2, 0) is 14.6 Å². The van der Waals surface area contributed by atoms with Crippen LogP contribution in [0.5, 0.6) is 0 Å². The Morgan fingerprint density at radius 3 is 2.73 bits per heavy atom. The lowest BCUT2D eigenvalue weighted by Gasteiger charge is -2.25. The van der Waals surface area contributed by atoms with E-state index in [2.05, 4.69) is 4.90 Å². The molecule has 122 valence electrons. The number of likely N-dealkylation sites (tertiary alicyclic amines) is 1. The number of hydrogen-bond donors (Lipinski definition) is 1. The molecule has 1 aromatic carbocycles. The first-order chi connectivity index (χ1) is 10.4. The van der Waals surface area contributed by atoms with Gasteiger partial charge in [0.25, 0.3) is 0 Å². The van der Waals surface area contributed by atoms with Crippen LogP contribution in [0.1, 0.15) is 30.9 Å². The highest BCUT2D eigenvalue weighted by atomic mass is 35.5. The molecule has 1 aromatic rings. The number of primary amides is 1. The number of benzene rings is 1. The highest BCUT2D eigenvalue weighted by molar-refractivity contribution is 7.91. The van der Waals surface area contributed by atoms with Crippen LogP contribution in [0.4, 0.5) is 0 Å². The summed E-state index contributed by atoms with van der Waals surface area (Å²) < 4.78 is 23.9. The summed E-state index contributed by atoms with van der Waals surface area (Å²) in [7, 11) is -3.26. The smallest absolute Gasteiger partial charge is 0.218 e. The van der Waals surface area contributed by atoms with Crippen LogP contribution in [-0.4, -0.2) is 43.8 Å². The Morgan fingerprint density at radius 1 is 1.32 bits per heavy atom. The van der Waals surface area contributed by atoms with Crippen molar-refractivity contribution in [1.29, 1.82) is 0 Å². The molecule has 1 atom stereocenters. The summed E-state index contributed by atoms with van der Waals surface area (Å²) in [4.78, 5) is 12.9. The summed E-state index contributed by atoms with van der Waals surface area (Å²) >= 11 is 6.25. The Balaban J connectivity index is 1.97. The summed E-state index contributed by atoms with van der Waals surface area (Å²) in [6.45, 7) is 1.32. The third-order valence-electron chi connectivity index (χ3n) is 3.98. The van der Waals surface area contributed by atoms with Crippen molar-refractivity contribution in [1.82, 2.24) is 4.90 Å². The normalized spacial score (nSPS) is 19.4. The molecule has 5 nitrogen and oxygen atoms in total. The lowest BCUT2D eigenvalue weighted by atomic mass is 10.0. The van der Waals surface area contributed by atoms with Crippen molar-refractivity contribution in [2.24, 2.45) is 5.73 Å². The number of rotatable bonds is 7. The van der Waals surface area contributed by atoms with Gasteiger partial charge in [0, 0.05) is 24.0 Å². The van der Waals surface area contributed by atoms with E-state index in [1.807, 2.05) is 24.3 Å². The predicted molar refractivity (Wildman–Crippen MR) is 87.5 cm³/mol. The van der Waals surface area contributed by atoms with Crippen LogP contribution >= 0.6 is 11.6 Å². The molecule has 2 N–H and O–H groups in total. The largest absolute Gasteiger partial charge is 0.370 e. The second kappa shape index (κ2) is 7.44. The number of halogens is 1. The van der Waals surface area contributed by atoms with Crippen molar-refractivity contribution in [3.05, 3.63) is 34.9 Å². The van der Waals surface area contributed by atoms with Gasteiger partial charge in [0.15, 0.2) is 9.84 Å². The first-order valence-corrected chi connectivity index (χ1v) is 9.56. The molecule has 0 aliphatic carbocycles. The van der Waals surface area contributed by atoms with Gasteiger partial charge < -0.3 is 5.73 Å². The topological polar surface area (TPSA) is 80.5 Å². The number of carbonyl (C=O) groups excluding carboxylic acids is 1. The molecule has 1 fully saturated rings. The zero-order chi connectivity index (χ0) is 16.2. The lowest BCUT2D eigenvalue weighted by Crippen LogP contribution is -2.30. The van der Waals surface area contributed by atoms with Crippen molar-refractivity contribution < 1.29 is 13.2 Å². The highest BCUT2D eigenvalue weighted by Crippen LogP contribution is 2.35. The first-order valence-electron chi connectivity index (χ1n) is 7.36. The molecule has 7 heteroatoms. The minimum Gasteiger partial charge on any atom is -0.370 e. The van der Waals surface area contributed by atoms with Crippen molar-refractivity contribution in [2.45, 2.75) is 25.3 Å². The van der Waals surface area contributed by atoms with Gasteiger partial charge in [0.1, 0.15) is 0 Å². The average molecular weight is 345 g/mol. The van der Waals surface area contributed by atoms with Crippen molar-refractivity contribution in [3.63, 3.8) is 0 Å². The minimum absolute atomic E-state index is 0.0429. The van der Waals surface area contributed by atoms with E-state index in [9.17, 15) is 13.2 Å². The molecular weight excluding hydrogens is 324 g/mol. The quantitative estimate of drug-likeness (QED) is 0.817. The maximum absolute atomic E-state index is 11.9. The first kappa shape index (κ1) is 17.2. The number of amides is 1. The summed E-state index contributed by atoms with van der Waals surface area (Å²) in [5.41, 5.74) is 6.06. The van der Waals surface area contributed by atoms with Crippen molar-refractivity contribution in [2.75, 3.05) is 24.6 Å². The Labute approximate surface area is 136 Å². The molecule has 1 amide bonds. The molecule has 0 aromatic heterocycles. The van der Waals surface area contributed by atoms with Gasteiger partial charge in [0.2, 0.25) is 5.91 Å². The SMILES string of the molecule is NC(=O)CCS(=O)(=O)CCN1CCC[C@H]1c1ccccc1Cl. The van der Waals surface area contributed by atoms with E-state index in [1.54, 1.807) is 0 Å². The van der Waals surface area contributed by atoms with E-state index in [0.717, 1.165) is 30.0 Å². The molecule has 0 radical (unpaired) electrons. The Morgan fingerprint density at radius 2 is 2.05 bits per heavy atom. The molecule has 1 aliphatic heterocycles. The molecule has 0 bridgehead atoms. The second-order valence-corrected chi connectivity index (χ2v) is 8.29. The zero-order valence-electron chi connectivity index (χ0n) is 12.4. The molecule has 0 unspecified atom stereocenters. The molecule has 1 heterocycles. The standard InChI is InChI=1S/C15H21ClN2O3S/c16-13-5-2-1-4-12(13)14-6-3-8-18(14)9-11-22(20,21)10-7-15(17)19/h1-2,4-5,14H,3,6-11H2,(H2,17,19)/t14-/m0/s1. The minimum atomic E-state index is -3.26. The molecule has 0 saturated carbocycles. The fourth-order valence-corrected chi connectivity index (χ4v) is 4.30. The Kier molecular flexibility index (Phi) is 5.83. The van der Waals surface area contributed by atoms with E-state index < -0.39 is 15.7 Å². The van der Waals surface area contributed by atoms with Gasteiger partial charge in [-0.1, -0.05) is 29.8 Å². The maximum Gasteiger partial charge on any atom is 0.218 e. The van der Waals surface area contributed by atoms with Crippen molar-refractivity contribution >= 4 is 27.3 Å². The third-order valence-corrected chi connectivity index (χ3v) is 5.95. The van der Waals surface area contributed by atoms with Gasteiger partial charge >= 0.3 is 0 Å². The number of sulfone groups is 1. The molecule has 1 saturated heterocycles. The predicted octanol–water partition coefficient (Wildman–Crippen LogP) is 1.77. The van der Waals surface area contributed by atoms with Crippen LogP contribution in [0.2, 0.25) is 5.02 Å². The number of nitrogens with zero attached hydrogens (tertiary/aromatic N) is 1. The van der Waals surface area contributed by atoms with Gasteiger partial charge in [-0.15, -0.1) is 0 Å². The summed E-state index contributed by atoms with van der Waals surface area (Å²) in [6.07, 6.45) is 1.89. The Hall–Kier alpha value is -1.11. The van der Waals surface area contributed by atoms with E-state index >= 15 is 0 Å². The van der Waals surface area contributed by atoms with Crippen LogP contribution in [0.25, 0.3) is 0 Å². The summed E-state index contributed by atoms with van der Waals surface area (Å²) in [5.74, 6) is -0.715. The summed E-state index contributed by atoms with van der Waals surface area (Å²) in [5, 5.41) is 0.719. The fraction of sp³-hybridized carbons (Fsp3) is 0.533. The number of hydrogen-bond acceptors (Lipinski definition) is 4. The highest BCUT2D eigenvalue weighted by Gasteiger charge is 2.28. The Bertz CT molecular complexity index is 633. The lowest BCUT2D eigenvalue weighted by molar-refractivity contribution is -0.117. The van der Waals surface area contributed by atoms with Crippen LogP contribution in [0.15, 0.2) is 24.3 Å². The second-order valence-electron chi connectivity index (χ2n) is 5.58. The number of carbonyl (C=O) groups is 1. The van der Waals surface area contributed by atoms with Crippen LogP contribution in [0.3, 0.4) is 0 Å². The van der Waals surface area contributed by atoms with E-state index in [0.29, 0.717) is 6.54 Å². The van der Waals surface area contributed by atoms with Gasteiger partial charge in [0.05, 0.1) is 11.5 Å². The monoisotopic (exact) mass is 344 g/mol. The molecule has 1 aliphatic rings. The molecular formula is C15H21ClN2O3S. The van der Waals surface area contributed by atoms with Gasteiger partial charge in [-0.3, -0.25) is 9.69 Å². The van der Waals surface area contributed by atoms with Gasteiger partial charge in [-0.05, 0) is 31.0 Å². The molecule has 2 rings (SSSR count). The number of nitrogens with two attached hydrogens (primary N) is 1. The van der Waals surface area contributed by atoms with Crippen molar-refractivity contribution in [3.8, 4) is 0 Å². The zero-order valence-corrected chi connectivity index (χ0v) is 13.9. The average Bonchev–Trinajstić information content (AvgIpc) is 2.92. The third kappa shape index (κ3) is 4.69. The van der Waals surface area contributed by atoms with Gasteiger partial charge in [-0.2, -0.15) is 0 Å². The van der Waals surface area contributed by atoms with E-state index in [1.165, 1.54) is 0 Å².